The summed E-state index contributed by atoms with van der Waals surface area (Å²) in [6.07, 6.45) is 3.29. The number of hydrogen-bond acceptors (Lipinski definition) is 4. The zero-order chi connectivity index (χ0) is 34.7. The molecule has 0 fully saturated rings. The summed E-state index contributed by atoms with van der Waals surface area (Å²) in [6, 6.07) is 54.5. The lowest BCUT2D eigenvalue weighted by Gasteiger charge is -2.33. The van der Waals surface area contributed by atoms with Crippen LogP contribution >= 0.6 is 0 Å². The van der Waals surface area contributed by atoms with Gasteiger partial charge < -0.3 is 14.9 Å². The second-order valence-corrected chi connectivity index (χ2v) is 12.5. The minimum absolute atomic E-state index is 0.183. The van der Waals surface area contributed by atoms with Crippen LogP contribution in [0.3, 0.4) is 0 Å². The van der Waals surface area contributed by atoms with Gasteiger partial charge in [0.2, 0.25) is 0 Å². The van der Waals surface area contributed by atoms with Crippen molar-refractivity contribution in [2.24, 2.45) is 0 Å². The van der Waals surface area contributed by atoms with Crippen LogP contribution in [0.5, 0.6) is 0 Å². The third-order valence-electron chi connectivity index (χ3n) is 9.91. The third kappa shape index (κ3) is 5.71. The van der Waals surface area contributed by atoms with E-state index in [-0.39, 0.29) is 11.0 Å². The molecule has 244 valence electrons. The molecule has 1 aliphatic carbocycles. The number of anilines is 6. The van der Waals surface area contributed by atoms with Gasteiger partial charge in [-0.1, -0.05) is 92.7 Å². The molecule has 6 aromatic rings. The Morgan fingerprint density at radius 2 is 0.980 bits per heavy atom. The Balaban J connectivity index is 1.34. The maximum absolute atomic E-state index is 11.4. The molecule has 0 radical (unpaired) electrons. The van der Waals surface area contributed by atoms with E-state index in [2.05, 4.69) is 133 Å². The highest BCUT2D eigenvalue weighted by molar-refractivity contribution is 5.96. The van der Waals surface area contributed by atoms with Crippen LogP contribution < -0.4 is 9.80 Å². The molecule has 7 rings (SSSR count). The Morgan fingerprint density at radius 1 is 0.600 bits per heavy atom. The lowest BCUT2D eigenvalue weighted by Crippen LogP contribution is -2.24. The Morgan fingerprint density at radius 3 is 1.34 bits per heavy atom. The highest BCUT2D eigenvalue weighted by atomic mass is 16.4. The molecule has 0 spiro atoms. The van der Waals surface area contributed by atoms with Crippen molar-refractivity contribution in [1.82, 2.24) is 0 Å². The number of carboxylic acid groups (broad SMARTS) is 1. The molecule has 0 aliphatic heterocycles. The number of benzene rings is 6. The van der Waals surface area contributed by atoms with E-state index in [9.17, 15) is 15.2 Å². The van der Waals surface area contributed by atoms with Crippen molar-refractivity contribution < 1.29 is 9.90 Å². The zero-order valence-corrected chi connectivity index (χ0v) is 28.1. The van der Waals surface area contributed by atoms with Crippen molar-refractivity contribution in [1.29, 1.82) is 5.26 Å². The Kier molecular flexibility index (Phi) is 8.77. The van der Waals surface area contributed by atoms with Gasteiger partial charge in [0.05, 0.1) is 0 Å². The molecular formula is C45H37N3O2. The van der Waals surface area contributed by atoms with Crippen LogP contribution in [0.1, 0.15) is 43.4 Å². The second-order valence-electron chi connectivity index (χ2n) is 12.5. The van der Waals surface area contributed by atoms with E-state index in [4.69, 9.17) is 0 Å². The fourth-order valence-electron chi connectivity index (χ4n) is 7.41. The minimum atomic E-state index is -1.24. The first-order chi connectivity index (χ1) is 24.5. The molecule has 0 unspecified atom stereocenters. The summed E-state index contributed by atoms with van der Waals surface area (Å²) in [7, 11) is 0. The predicted octanol–water partition coefficient (Wildman–Crippen LogP) is 11.7. The number of hydrogen-bond donors (Lipinski definition) is 1. The average molecular weight is 652 g/mol. The van der Waals surface area contributed by atoms with Crippen LogP contribution in [0.2, 0.25) is 0 Å². The number of rotatable bonds is 10. The molecule has 6 aromatic carbocycles. The Bertz CT molecular complexity index is 2180. The van der Waals surface area contributed by atoms with Crippen LogP contribution in [0.15, 0.2) is 157 Å². The summed E-state index contributed by atoms with van der Waals surface area (Å²) in [6.45, 7) is 4.59. The SMILES string of the molecule is CCC1(CC)c2cc(N(c3ccccc3)c3ccccc3)ccc2-c2ccc(N(c3ccccc3)c3ccc(/C=C(\C#N)C(=O)O)cc3)cc21. The van der Waals surface area contributed by atoms with Gasteiger partial charge in [-0.25, -0.2) is 4.79 Å². The van der Waals surface area contributed by atoms with E-state index in [1.165, 1.54) is 28.3 Å². The normalized spacial score (nSPS) is 12.8. The molecule has 1 aliphatic rings. The fraction of sp³-hybridized carbons (Fsp3) is 0.111. The highest BCUT2D eigenvalue weighted by Gasteiger charge is 2.41. The molecule has 0 amide bonds. The first kappa shape index (κ1) is 32.2. The number of nitriles is 1. The van der Waals surface area contributed by atoms with Gasteiger partial charge in [-0.2, -0.15) is 5.26 Å². The second kappa shape index (κ2) is 13.6. The Labute approximate surface area is 293 Å². The number of carbonyl (C=O) groups is 1. The fourth-order valence-corrected chi connectivity index (χ4v) is 7.41. The van der Waals surface area contributed by atoms with E-state index < -0.39 is 5.97 Å². The molecule has 0 saturated heterocycles. The summed E-state index contributed by atoms with van der Waals surface area (Å²) in [5.41, 5.74) is 11.7. The maximum Gasteiger partial charge on any atom is 0.346 e. The number of aliphatic carboxylic acids is 1. The number of nitrogens with zero attached hydrogens (tertiary/aromatic N) is 3. The van der Waals surface area contributed by atoms with Crippen molar-refractivity contribution in [3.8, 4) is 17.2 Å². The molecule has 1 N–H and O–H groups in total. The smallest absolute Gasteiger partial charge is 0.346 e. The monoisotopic (exact) mass is 651 g/mol. The van der Waals surface area contributed by atoms with Gasteiger partial charge in [0, 0.05) is 39.5 Å². The molecule has 5 heteroatoms. The van der Waals surface area contributed by atoms with Crippen molar-refractivity contribution >= 4 is 46.2 Å². The maximum atomic E-state index is 11.4. The summed E-state index contributed by atoms with van der Waals surface area (Å²) in [4.78, 5) is 16.0. The van der Waals surface area contributed by atoms with Crippen LogP contribution in [0.4, 0.5) is 34.1 Å². The lowest BCUT2D eigenvalue weighted by atomic mass is 9.73. The number of para-hydroxylation sites is 3. The molecule has 0 heterocycles. The molecule has 0 bridgehead atoms. The van der Waals surface area contributed by atoms with Crippen LogP contribution in [0, 0.1) is 11.3 Å². The van der Waals surface area contributed by atoms with E-state index in [1.54, 1.807) is 6.07 Å². The highest BCUT2D eigenvalue weighted by Crippen LogP contribution is 2.55. The van der Waals surface area contributed by atoms with Crippen molar-refractivity contribution in [3.05, 3.63) is 174 Å². The number of carboxylic acids is 1. The summed E-state index contributed by atoms with van der Waals surface area (Å²) < 4.78 is 0. The van der Waals surface area contributed by atoms with Gasteiger partial charge in [-0.15, -0.1) is 0 Å². The topological polar surface area (TPSA) is 67.6 Å². The van der Waals surface area contributed by atoms with Gasteiger partial charge in [-0.3, -0.25) is 0 Å². The quantitative estimate of drug-likeness (QED) is 0.118. The Hall–Kier alpha value is -6.38. The lowest BCUT2D eigenvalue weighted by molar-refractivity contribution is -0.132. The van der Waals surface area contributed by atoms with Gasteiger partial charge in [0.25, 0.3) is 0 Å². The van der Waals surface area contributed by atoms with Gasteiger partial charge in [0.1, 0.15) is 11.6 Å². The first-order valence-corrected chi connectivity index (χ1v) is 17.0. The van der Waals surface area contributed by atoms with E-state index >= 15 is 0 Å². The number of fused-ring (bicyclic) bond motifs is 3. The van der Waals surface area contributed by atoms with Crippen LogP contribution in [0.25, 0.3) is 17.2 Å². The predicted molar refractivity (Wildman–Crippen MR) is 204 cm³/mol. The first-order valence-electron chi connectivity index (χ1n) is 17.0. The summed E-state index contributed by atoms with van der Waals surface area (Å²) >= 11 is 0. The molecular weight excluding hydrogens is 615 g/mol. The van der Waals surface area contributed by atoms with Gasteiger partial charge in [-0.05, 0) is 120 Å². The zero-order valence-electron chi connectivity index (χ0n) is 28.1. The van der Waals surface area contributed by atoms with Crippen molar-refractivity contribution in [2.75, 3.05) is 9.80 Å². The molecule has 0 aromatic heterocycles. The van der Waals surface area contributed by atoms with Crippen LogP contribution in [-0.4, -0.2) is 11.1 Å². The standard InChI is InChI=1S/C45H37N3O2/c1-3-45(4-2)42-29-38(47(34-14-8-5-9-15-34)35-16-10-6-11-17-35)24-26-40(42)41-27-25-39(30-43(41)45)48(36-18-12-7-13-19-36)37-22-20-32(21-23-37)28-33(31-46)44(49)50/h5-30H,3-4H2,1-2H3,(H,49,50)/b33-28+. The average Bonchev–Trinajstić information content (AvgIpc) is 3.44. The largest absolute Gasteiger partial charge is 0.477 e. The van der Waals surface area contributed by atoms with Crippen molar-refractivity contribution in [3.63, 3.8) is 0 Å². The molecule has 0 saturated carbocycles. The third-order valence-corrected chi connectivity index (χ3v) is 9.91. The van der Waals surface area contributed by atoms with Gasteiger partial charge >= 0.3 is 5.97 Å². The minimum Gasteiger partial charge on any atom is -0.477 e. The van der Waals surface area contributed by atoms with Crippen LogP contribution in [-0.2, 0) is 10.2 Å². The summed E-state index contributed by atoms with van der Waals surface area (Å²) in [5, 5.41) is 18.6. The van der Waals surface area contributed by atoms with E-state index in [1.807, 2.05) is 42.5 Å². The van der Waals surface area contributed by atoms with Crippen molar-refractivity contribution in [2.45, 2.75) is 32.1 Å². The van der Waals surface area contributed by atoms with E-state index in [0.717, 1.165) is 47.0 Å². The summed E-state index contributed by atoms with van der Waals surface area (Å²) in [5.74, 6) is -1.24. The molecule has 0 atom stereocenters. The molecule has 5 nitrogen and oxygen atoms in total. The van der Waals surface area contributed by atoms with Gasteiger partial charge in [0.15, 0.2) is 0 Å². The molecule has 50 heavy (non-hydrogen) atoms. The van der Waals surface area contributed by atoms with E-state index in [0.29, 0.717) is 5.56 Å².